The van der Waals surface area contributed by atoms with Gasteiger partial charge in [0.05, 0.1) is 11.4 Å². The predicted octanol–water partition coefficient (Wildman–Crippen LogP) is 3.21. The van der Waals surface area contributed by atoms with Crippen LogP contribution >= 0.6 is 0 Å². The van der Waals surface area contributed by atoms with E-state index in [1.165, 1.54) is 16.9 Å². The minimum absolute atomic E-state index is 0.910. The lowest BCUT2D eigenvalue weighted by molar-refractivity contribution is 0.311. The number of aryl methyl sites for hydroxylation is 3. The molecule has 3 aromatic rings. The van der Waals surface area contributed by atoms with E-state index in [9.17, 15) is 0 Å². The molecule has 0 radical (unpaired) electrons. The third kappa shape index (κ3) is 3.92. The fourth-order valence-corrected chi connectivity index (χ4v) is 3.03. The van der Waals surface area contributed by atoms with Crippen molar-refractivity contribution in [2.24, 2.45) is 0 Å². The van der Waals surface area contributed by atoms with Crippen molar-refractivity contribution < 1.29 is 0 Å². The Morgan fingerprint density at radius 1 is 1.12 bits per heavy atom. The van der Waals surface area contributed by atoms with Gasteiger partial charge in [0.25, 0.3) is 0 Å². The summed E-state index contributed by atoms with van der Waals surface area (Å²) in [5, 5.41) is 8.88. The van der Waals surface area contributed by atoms with E-state index in [0.717, 1.165) is 31.7 Å². The normalized spacial score (nSPS) is 11.3. The molecule has 3 rings (SSSR count). The van der Waals surface area contributed by atoms with Gasteiger partial charge >= 0.3 is 0 Å². The van der Waals surface area contributed by atoms with E-state index in [1.807, 2.05) is 34.7 Å². The maximum atomic E-state index is 4.63. The molecule has 2 heterocycles. The Bertz CT molecular complexity index is 773. The van der Waals surface area contributed by atoms with Crippen molar-refractivity contribution in [2.75, 3.05) is 13.6 Å². The molecule has 0 amide bonds. The largest absolute Gasteiger partial charge is 0.302 e. The molecule has 24 heavy (non-hydrogen) atoms. The van der Waals surface area contributed by atoms with E-state index in [1.54, 1.807) is 0 Å². The second kappa shape index (κ2) is 7.45. The summed E-state index contributed by atoms with van der Waals surface area (Å²) >= 11 is 0. The molecule has 126 valence electrons. The van der Waals surface area contributed by atoms with Crippen molar-refractivity contribution in [1.82, 2.24) is 24.5 Å². The molecule has 0 aliphatic carbocycles. The van der Waals surface area contributed by atoms with E-state index in [2.05, 4.69) is 59.4 Å². The van der Waals surface area contributed by atoms with Crippen LogP contribution in [-0.4, -0.2) is 38.1 Å². The summed E-state index contributed by atoms with van der Waals surface area (Å²) in [5.41, 5.74) is 4.68. The average molecular weight is 323 g/mol. The van der Waals surface area contributed by atoms with Gasteiger partial charge in [-0.15, -0.1) is 0 Å². The number of benzene rings is 1. The van der Waals surface area contributed by atoms with Crippen molar-refractivity contribution in [3.63, 3.8) is 0 Å². The van der Waals surface area contributed by atoms with Gasteiger partial charge in [-0.3, -0.25) is 4.68 Å². The van der Waals surface area contributed by atoms with Gasteiger partial charge in [-0.1, -0.05) is 18.2 Å². The maximum absolute atomic E-state index is 4.63. The maximum Gasteiger partial charge on any atom is 0.0693 e. The van der Waals surface area contributed by atoms with Crippen LogP contribution in [0.2, 0.25) is 0 Å². The second-order valence-electron chi connectivity index (χ2n) is 6.33. The molecule has 0 unspecified atom stereocenters. The van der Waals surface area contributed by atoms with E-state index in [0.29, 0.717) is 0 Å². The van der Waals surface area contributed by atoms with Gasteiger partial charge in [0.15, 0.2) is 0 Å². The third-order valence-electron chi connectivity index (χ3n) is 4.16. The number of hydrogen-bond acceptors (Lipinski definition) is 3. The van der Waals surface area contributed by atoms with Crippen LogP contribution in [0.15, 0.2) is 48.8 Å². The fraction of sp³-hybridized carbons (Fsp3) is 0.368. The van der Waals surface area contributed by atoms with E-state index in [4.69, 9.17) is 0 Å². The van der Waals surface area contributed by atoms with Crippen molar-refractivity contribution in [3.05, 3.63) is 65.7 Å². The monoisotopic (exact) mass is 323 g/mol. The molecule has 0 bridgehead atoms. The van der Waals surface area contributed by atoms with Crippen LogP contribution in [0.25, 0.3) is 5.69 Å². The van der Waals surface area contributed by atoms with Crippen LogP contribution in [0.5, 0.6) is 0 Å². The number of rotatable bonds is 7. The summed E-state index contributed by atoms with van der Waals surface area (Å²) in [6, 6.07) is 12.6. The van der Waals surface area contributed by atoms with Gasteiger partial charge in [-0.2, -0.15) is 10.2 Å². The molecular weight excluding hydrogens is 298 g/mol. The lowest BCUT2D eigenvalue weighted by Crippen LogP contribution is -2.21. The predicted molar refractivity (Wildman–Crippen MR) is 96.2 cm³/mol. The summed E-state index contributed by atoms with van der Waals surface area (Å²) in [5.74, 6) is 0. The van der Waals surface area contributed by atoms with Crippen LogP contribution in [0, 0.1) is 13.8 Å². The van der Waals surface area contributed by atoms with Crippen molar-refractivity contribution in [2.45, 2.75) is 33.4 Å². The van der Waals surface area contributed by atoms with Gasteiger partial charge in [0.1, 0.15) is 0 Å². The Morgan fingerprint density at radius 3 is 2.67 bits per heavy atom. The standard InChI is InChI=1S/C19H25N5/c1-16-14-17(2)24(21-16)19-9-5-4-8-18(19)15-22(3)11-7-13-23-12-6-10-20-23/h4-6,8-10,12,14H,7,11,13,15H2,1-3H3. The molecule has 0 aliphatic rings. The van der Waals surface area contributed by atoms with E-state index >= 15 is 0 Å². The zero-order valence-corrected chi connectivity index (χ0v) is 14.7. The highest BCUT2D eigenvalue weighted by Gasteiger charge is 2.10. The molecule has 2 aromatic heterocycles. The number of para-hydroxylation sites is 1. The molecular formula is C19H25N5. The summed E-state index contributed by atoms with van der Waals surface area (Å²) in [6.07, 6.45) is 4.92. The zero-order chi connectivity index (χ0) is 16.9. The molecule has 5 heteroatoms. The van der Waals surface area contributed by atoms with Crippen molar-refractivity contribution >= 4 is 0 Å². The lowest BCUT2D eigenvalue weighted by Gasteiger charge is -2.19. The summed E-state index contributed by atoms with van der Waals surface area (Å²) < 4.78 is 4.03. The Balaban J connectivity index is 1.65. The van der Waals surface area contributed by atoms with Crippen LogP contribution in [0.1, 0.15) is 23.4 Å². The summed E-state index contributed by atoms with van der Waals surface area (Å²) in [7, 11) is 2.17. The second-order valence-corrected chi connectivity index (χ2v) is 6.33. The summed E-state index contributed by atoms with van der Waals surface area (Å²) in [4.78, 5) is 2.36. The molecule has 0 spiro atoms. The lowest BCUT2D eigenvalue weighted by atomic mass is 10.1. The Labute approximate surface area is 143 Å². The highest BCUT2D eigenvalue weighted by atomic mass is 15.3. The summed E-state index contributed by atoms with van der Waals surface area (Å²) in [6.45, 7) is 7.04. The van der Waals surface area contributed by atoms with E-state index < -0.39 is 0 Å². The van der Waals surface area contributed by atoms with Crippen LogP contribution in [0.4, 0.5) is 0 Å². The first kappa shape index (κ1) is 16.5. The molecule has 0 aliphatic heterocycles. The fourth-order valence-electron chi connectivity index (χ4n) is 3.03. The van der Waals surface area contributed by atoms with Crippen molar-refractivity contribution in [3.8, 4) is 5.69 Å². The Hall–Kier alpha value is -2.40. The Morgan fingerprint density at radius 2 is 1.96 bits per heavy atom. The quantitative estimate of drug-likeness (QED) is 0.670. The first-order chi connectivity index (χ1) is 11.6. The highest BCUT2D eigenvalue weighted by Crippen LogP contribution is 2.18. The molecule has 0 saturated heterocycles. The topological polar surface area (TPSA) is 38.9 Å². The SMILES string of the molecule is Cc1cc(C)n(-c2ccccc2CN(C)CCCn2cccn2)n1. The van der Waals surface area contributed by atoms with Crippen molar-refractivity contribution in [1.29, 1.82) is 0 Å². The number of hydrogen-bond donors (Lipinski definition) is 0. The van der Waals surface area contributed by atoms with Crippen LogP contribution < -0.4 is 0 Å². The first-order valence-electron chi connectivity index (χ1n) is 8.41. The smallest absolute Gasteiger partial charge is 0.0693 e. The first-order valence-corrected chi connectivity index (χ1v) is 8.41. The average Bonchev–Trinajstić information content (AvgIpc) is 3.17. The molecule has 0 saturated carbocycles. The van der Waals surface area contributed by atoms with Gasteiger partial charge < -0.3 is 4.90 Å². The Kier molecular flexibility index (Phi) is 5.11. The van der Waals surface area contributed by atoms with Gasteiger partial charge in [0, 0.05) is 31.2 Å². The molecule has 1 aromatic carbocycles. The van der Waals surface area contributed by atoms with Gasteiger partial charge in [-0.05, 0) is 57.6 Å². The minimum Gasteiger partial charge on any atom is -0.302 e. The van der Waals surface area contributed by atoms with Gasteiger partial charge in [-0.25, -0.2) is 4.68 Å². The zero-order valence-electron chi connectivity index (χ0n) is 14.7. The van der Waals surface area contributed by atoms with Crippen LogP contribution in [-0.2, 0) is 13.1 Å². The number of nitrogens with zero attached hydrogens (tertiary/aromatic N) is 5. The molecule has 0 fully saturated rings. The van der Waals surface area contributed by atoms with Crippen LogP contribution in [0.3, 0.4) is 0 Å². The molecule has 0 N–H and O–H groups in total. The minimum atomic E-state index is 0.910. The molecule has 0 atom stereocenters. The third-order valence-corrected chi connectivity index (χ3v) is 4.16. The van der Waals surface area contributed by atoms with Gasteiger partial charge in [0.2, 0.25) is 0 Å². The molecule has 5 nitrogen and oxygen atoms in total. The number of aromatic nitrogens is 4. The highest BCUT2D eigenvalue weighted by molar-refractivity contribution is 5.41. The van der Waals surface area contributed by atoms with E-state index in [-0.39, 0.29) is 0 Å².